The van der Waals surface area contributed by atoms with Crippen molar-refractivity contribution in [1.29, 1.82) is 0 Å². The van der Waals surface area contributed by atoms with E-state index >= 15 is 0 Å². The first-order valence-corrected chi connectivity index (χ1v) is 10.2. The third-order valence-electron chi connectivity index (χ3n) is 3.71. The molecule has 0 aromatic heterocycles. The zero-order valence-corrected chi connectivity index (χ0v) is 18.0. The van der Waals surface area contributed by atoms with Gasteiger partial charge in [0.2, 0.25) is 0 Å². The zero-order valence-electron chi connectivity index (χ0n) is 14.4. The molecular weight excluding hydrogens is 385 g/mol. The molecule has 0 fully saturated rings. The Kier molecular flexibility index (Phi) is 14.5. The van der Waals surface area contributed by atoms with Crippen molar-refractivity contribution in [3.05, 3.63) is 30.3 Å². The van der Waals surface area contributed by atoms with Crippen molar-refractivity contribution < 1.29 is 45.3 Å². The molecule has 0 spiro atoms. The largest absolute Gasteiger partial charge is 0.382 e. The minimum absolute atomic E-state index is 0. The topological polar surface area (TPSA) is 43.4 Å². The van der Waals surface area contributed by atoms with E-state index in [1.807, 2.05) is 6.07 Å². The van der Waals surface area contributed by atoms with Crippen LogP contribution in [-0.4, -0.2) is 14.2 Å². The van der Waals surface area contributed by atoms with Crippen LogP contribution in [0.4, 0.5) is 0 Å². The van der Waals surface area contributed by atoms with Gasteiger partial charge in [-0.3, -0.25) is 0 Å². The van der Waals surface area contributed by atoms with Crippen molar-refractivity contribution in [2.24, 2.45) is 0 Å². The molecule has 0 aliphatic rings. The van der Waals surface area contributed by atoms with Gasteiger partial charge in [-0.15, -0.1) is 0 Å². The second kappa shape index (κ2) is 14.4. The minimum Gasteiger partial charge on any atom is -0.382 e. The summed E-state index contributed by atoms with van der Waals surface area (Å²) in [5.41, 5.74) is 0. The molecule has 0 aliphatic carbocycles. The molecule has 0 aliphatic heterocycles. The van der Waals surface area contributed by atoms with Crippen LogP contribution < -0.4 is 4.18 Å². The van der Waals surface area contributed by atoms with Crippen LogP contribution in [0.3, 0.4) is 0 Å². The van der Waals surface area contributed by atoms with Gasteiger partial charge in [-0.25, -0.2) is 0 Å². The van der Waals surface area contributed by atoms with Crippen LogP contribution >= 0.6 is 0 Å². The average molecular weight is 415 g/mol. The van der Waals surface area contributed by atoms with Crippen molar-refractivity contribution in [3.8, 4) is 5.75 Å². The predicted molar refractivity (Wildman–Crippen MR) is 92.7 cm³/mol. The summed E-state index contributed by atoms with van der Waals surface area (Å²) in [5, 5.41) is 0. The molecule has 1 aromatic rings. The van der Waals surface area contributed by atoms with E-state index in [1.54, 1.807) is 24.3 Å². The molecule has 23 heavy (non-hydrogen) atoms. The first kappa shape index (κ1) is 23.1. The van der Waals surface area contributed by atoms with E-state index in [9.17, 15) is 8.42 Å². The van der Waals surface area contributed by atoms with Gasteiger partial charge in [0.25, 0.3) is 0 Å². The van der Waals surface area contributed by atoms with Gasteiger partial charge < -0.3 is 4.18 Å². The van der Waals surface area contributed by atoms with E-state index in [4.69, 9.17) is 4.18 Å². The maximum Gasteiger partial charge on any atom is 0.309 e. The number of rotatable bonds is 13. The summed E-state index contributed by atoms with van der Waals surface area (Å²) in [4.78, 5) is 0. The van der Waals surface area contributed by atoms with Crippen molar-refractivity contribution in [3.63, 3.8) is 0 Å². The minimum atomic E-state index is -3.44. The molecule has 0 unspecified atom stereocenters. The van der Waals surface area contributed by atoms with Crippen LogP contribution in [-0.2, 0) is 42.8 Å². The van der Waals surface area contributed by atoms with Gasteiger partial charge in [0.1, 0.15) is 5.75 Å². The van der Waals surface area contributed by atoms with E-state index in [0.29, 0.717) is 12.2 Å². The van der Waals surface area contributed by atoms with E-state index in [-0.39, 0.29) is 38.5 Å². The smallest absolute Gasteiger partial charge is 0.309 e. The number of para-hydroxylation sites is 1. The van der Waals surface area contributed by atoms with Crippen LogP contribution in [0.1, 0.15) is 71.1 Å². The van der Waals surface area contributed by atoms with Gasteiger partial charge in [-0.1, -0.05) is 82.9 Å². The normalized spacial score (nSPS) is 11.0. The zero-order chi connectivity index (χ0) is 16.1. The van der Waals surface area contributed by atoms with Crippen LogP contribution in [0.25, 0.3) is 0 Å². The van der Waals surface area contributed by atoms with Crippen molar-refractivity contribution in [2.75, 3.05) is 5.75 Å². The molecule has 1 aromatic carbocycles. The van der Waals surface area contributed by atoms with Crippen LogP contribution in [0.15, 0.2) is 30.3 Å². The van der Waals surface area contributed by atoms with Gasteiger partial charge in [-0.2, -0.15) is 8.42 Å². The van der Waals surface area contributed by atoms with Gasteiger partial charge in [0.15, 0.2) is 0 Å². The Morgan fingerprint density at radius 1 is 0.783 bits per heavy atom. The quantitative estimate of drug-likeness (QED) is 0.324. The van der Waals surface area contributed by atoms with Gasteiger partial charge in [0.05, 0.1) is 5.75 Å². The Morgan fingerprint density at radius 3 is 1.78 bits per heavy atom. The fourth-order valence-electron chi connectivity index (χ4n) is 2.43. The predicted octanol–water partition coefficient (Wildman–Crippen LogP) is 5.31. The van der Waals surface area contributed by atoms with E-state index in [2.05, 4.69) is 6.92 Å². The molecule has 3 nitrogen and oxygen atoms in total. The van der Waals surface area contributed by atoms with Crippen molar-refractivity contribution >= 4 is 10.1 Å². The first-order chi connectivity index (χ1) is 10.6. The van der Waals surface area contributed by atoms with Crippen LogP contribution in [0.2, 0.25) is 0 Å². The molecule has 0 N–H and O–H groups in total. The maximum absolute atomic E-state index is 11.8. The summed E-state index contributed by atoms with van der Waals surface area (Å²) in [7, 11) is -3.44. The monoisotopic (exact) mass is 415 g/mol. The molecule has 0 saturated heterocycles. The summed E-state index contributed by atoms with van der Waals surface area (Å²) in [6.45, 7) is 2.23. The molecule has 5 heteroatoms. The number of hydrogen-bond donors (Lipinski definition) is 0. The number of unbranched alkanes of at least 4 members (excludes halogenated alkanes) is 9. The Morgan fingerprint density at radius 2 is 1.26 bits per heavy atom. The SMILES string of the molecule is CCCCCCCCCCCCS(=O)(=O)Oc1ccccc1.[Y]. The molecule has 0 heterocycles. The second-order valence-corrected chi connectivity index (χ2v) is 7.53. The van der Waals surface area contributed by atoms with Crippen LogP contribution in [0, 0.1) is 0 Å². The fraction of sp³-hybridized carbons (Fsp3) is 0.667. The third-order valence-corrected chi connectivity index (χ3v) is 4.95. The molecule has 1 radical (unpaired) electrons. The summed E-state index contributed by atoms with van der Waals surface area (Å²) in [5.74, 6) is 0.507. The molecule has 1 rings (SSSR count). The van der Waals surface area contributed by atoms with E-state index in [1.165, 1.54) is 44.9 Å². The summed E-state index contributed by atoms with van der Waals surface area (Å²) < 4.78 is 28.7. The molecule has 0 amide bonds. The van der Waals surface area contributed by atoms with Crippen LogP contribution in [0.5, 0.6) is 5.75 Å². The second-order valence-electron chi connectivity index (χ2n) is 5.84. The fourth-order valence-corrected chi connectivity index (χ4v) is 3.48. The molecule has 0 bridgehead atoms. The van der Waals surface area contributed by atoms with Gasteiger partial charge >= 0.3 is 10.1 Å². The summed E-state index contributed by atoms with van der Waals surface area (Å²) in [6, 6.07) is 8.70. The Bertz CT molecular complexity index is 474. The summed E-state index contributed by atoms with van der Waals surface area (Å²) in [6.07, 6.45) is 11.9. The molecule has 0 saturated carbocycles. The van der Waals surface area contributed by atoms with E-state index < -0.39 is 10.1 Å². The van der Waals surface area contributed by atoms with Crippen molar-refractivity contribution in [2.45, 2.75) is 71.1 Å². The molecular formula is C18H30O3SY. The average Bonchev–Trinajstić information content (AvgIpc) is 2.49. The molecule has 0 atom stereocenters. The Balaban J connectivity index is 0.00000484. The Labute approximate surface area is 167 Å². The number of benzene rings is 1. The van der Waals surface area contributed by atoms with Crippen molar-refractivity contribution in [1.82, 2.24) is 0 Å². The number of hydrogen-bond acceptors (Lipinski definition) is 3. The van der Waals surface area contributed by atoms with E-state index in [0.717, 1.165) is 12.8 Å². The Hall–Kier alpha value is 0.0739. The van der Waals surface area contributed by atoms with Gasteiger partial charge in [0, 0.05) is 32.7 Å². The summed E-state index contributed by atoms with van der Waals surface area (Å²) >= 11 is 0. The molecule has 129 valence electrons. The van der Waals surface area contributed by atoms with Gasteiger partial charge in [-0.05, 0) is 18.6 Å². The third kappa shape index (κ3) is 13.1. The maximum atomic E-state index is 11.8. The first-order valence-electron chi connectivity index (χ1n) is 8.61. The standard InChI is InChI=1S/C18H30O3S.Y/c1-2-3-4-5-6-7-8-9-10-14-17-22(19,20)21-18-15-12-11-13-16-18;/h11-13,15-16H,2-10,14,17H2,1H3;.